The molecular weight excluding hydrogens is 449 g/mol. The number of thioether (sulfide) groups is 1. The van der Waals surface area contributed by atoms with Gasteiger partial charge in [0.25, 0.3) is 5.91 Å². The predicted molar refractivity (Wildman–Crippen MR) is 114 cm³/mol. The number of nitrogens with zero attached hydrogens (tertiary/aromatic N) is 1. The Morgan fingerprint density at radius 3 is 2.73 bits per heavy atom. The summed E-state index contributed by atoms with van der Waals surface area (Å²) in [5.74, 6) is -2.91. The Balaban J connectivity index is 1.66. The number of amides is 2. The van der Waals surface area contributed by atoms with E-state index in [4.69, 9.17) is 11.6 Å². The first-order valence-electron chi connectivity index (χ1n) is 8.73. The lowest BCUT2D eigenvalue weighted by atomic mass is 10.0. The van der Waals surface area contributed by atoms with Crippen molar-refractivity contribution in [2.45, 2.75) is 17.1 Å². The summed E-state index contributed by atoms with van der Waals surface area (Å²) in [5.41, 5.74) is 1.01. The third kappa shape index (κ3) is 3.74. The first-order valence-corrected chi connectivity index (χ1v) is 11.0. The Labute approximate surface area is 184 Å². The van der Waals surface area contributed by atoms with Gasteiger partial charge in [0.2, 0.25) is 5.91 Å². The summed E-state index contributed by atoms with van der Waals surface area (Å²) in [4.78, 5) is 38.2. The van der Waals surface area contributed by atoms with Crippen molar-refractivity contribution in [3.63, 3.8) is 0 Å². The molecule has 1 aliphatic heterocycles. The number of benzene rings is 2. The van der Waals surface area contributed by atoms with Crippen molar-refractivity contribution < 1.29 is 23.9 Å². The lowest BCUT2D eigenvalue weighted by Gasteiger charge is -2.26. The highest BCUT2D eigenvalue weighted by atomic mass is 35.5. The number of imide groups is 1. The van der Waals surface area contributed by atoms with Crippen LogP contribution >= 0.6 is 34.7 Å². The molecule has 0 unspecified atom stereocenters. The summed E-state index contributed by atoms with van der Waals surface area (Å²) in [5, 5.41) is 11.4. The number of aromatic carboxylic acids is 1. The molecular formula is C21H13ClFNO4S2. The molecule has 0 fully saturated rings. The third-order valence-electron chi connectivity index (χ3n) is 4.58. The average Bonchev–Trinajstić information content (AvgIpc) is 3.13. The highest BCUT2D eigenvalue weighted by Gasteiger charge is 2.38. The molecule has 0 spiro atoms. The zero-order chi connectivity index (χ0) is 21.4. The van der Waals surface area contributed by atoms with E-state index in [0.29, 0.717) is 21.2 Å². The predicted octanol–water partition coefficient (Wildman–Crippen LogP) is 5.26. The number of carbonyl (C=O) groups excluding carboxylic acids is 2. The fourth-order valence-electron chi connectivity index (χ4n) is 3.16. The van der Waals surface area contributed by atoms with Gasteiger partial charge in [0, 0.05) is 15.7 Å². The van der Waals surface area contributed by atoms with Gasteiger partial charge in [-0.25, -0.2) is 14.1 Å². The molecule has 2 amide bonds. The van der Waals surface area contributed by atoms with E-state index in [1.807, 2.05) is 18.2 Å². The maximum absolute atomic E-state index is 14.6. The molecule has 0 radical (unpaired) electrons. The number of hydrogen-bond donors (Lipinski definition) is 1. The SMILES string of the molecule is O=C(O)c1scc2c1C(=O)N(c1cc(SCc3ccccc3Cl)ccc1F)C(=O)C2. The van der Waals surface area contributed by atoms with Gasteiger partial charge in [-0.3, -0.25) is 9.59 Å². The Kier molecular flexibility index (Phi) is 5.64. The van der Waals surface area contributed by atoms with Crippen molar-refractivity contribution in [3.05, 3.63) is 80.3 Å². The van der Waals surface area contributed by atoms with E-state index in [1.165, 1.54) is 29.3 Å². The molecule has 5 nitrogen and oxygen atoms in total. The summed E-state index contributed by atoms with van der Waals surface area (Å²) in [6, 6.07) is 11.5. The monoisotopic (exact) mass is 461 g/mol. The van der Waals surface area contributed by atoms with Crippen LogP contribution in [0.25, 0.3) is 0 Å². The zero-order valence-electron chi connectivity index (χ0n) is 15.2. The second-order valence-electron chi connectivity index (χ2n) is 6.47. The number of thiophene rings is 1. The maximum atomic E-state index is 14.6. The van der Waals surface area contributed by atoms with E-state index in [-0.39, 0.29) is 22.5 Å². The number of rotatable bonds is 5. The molecule has 0 aliphatic carbocycles. The van der Waals surface area contributed by atoms with E-state index in [9.17, 15) is 23.9 Å². The maximum Gasteiger partial charge on any atom is 0.346 e. The summed E-state index contributed by atoms with van der Waals surface area (Å²) in [6.45, 7) is 0. The van der Waals surface area contributed by atoms with Gasteiger partial charge in [-0.05, 0) is 40.8 Å². The van der Waals surface area contributed by atoms with Crippen molar-refractivity contribution in [1.29, 1.82) is 0 Å². The Hall–Kier alpha value is -2.68. The second kappa shape index (κ2) is 8.22. The van der Waals surface area contributed by atoms with Gasteiger partial charge in [-0.1, -0.05) is 29.8 Å². The molecule has 0 atom stereocenters. The molecule has 30 heavy (non-hydrogen) atoms. The summed E-state index contributed by atoms with van der Waals surface area (Å²) in [6.07, 6.45) is -0.165. The highest BCUT2D eigenvalue weighted by molar-refractivity contribution is 7.98. The van der Waals surface area contributed by atoms with Crippen LogP contribution < -0.4 is 4.90 Å². The third-order valence-corrected chi connectivity index (χ3v) is 7.01. The van der Waals surface area contributed by atoms with Crippen LogP contribution in [-0.2, 0) is 17.0 Å². The lowest BCUT2D eigenvalue weighted by Crippen LogP contribution is -2.43. The quantitative estimate of drug-likeness (QED) is 0.414. The second-order valence-corrected chi connectivity index (χ2v) is 8.81. The molecule has 152 valence electrons. The van der Waals surface area contributed by atoms with Crippen LogP contribution in [0.15, 0.2) is 52.7 Å². The number of carboxylic acid groups (broad SMARTS) is 1. The summed E-state index contributed by atoms with van der Waals surface area (Å²) in [7, 11) is 0. The molecule has 1 aromatic heterocycles. The van der Waals surface area contributed by atoms with Crippen LogP contribution in [0, 0.1) is 5.82 Å². The zero-order valence-corrected chi connectivity index (χ0v) is 17.6. The molecule has 1 aliphatic rings. The number of anilines is 1. The Morgan fingerprint density at radius 1 is 1.23 bits per heavy atom. The molecule has 2 heterocycles. The van der Waals surface area contributed by atoms with Crippen molar-refractivity contribution in [1.82, 2.24) is 0 Å². The van der Waals surface area contributed by atoms with Gasteiger partial charge in [0.1, 0.15) is 10.7 Å². The van der Waals surface area contributed by atoms with E-state index in [1.54, 1.807) is 12.1 Å². The van der Waals surface area contributed by atoms with Crippen molar-refractivity contribution in [2.75, 3.05) is 4.90 Å². The van der Waals surface area contributed by atoms with Crippen LogP contribution in [0.3, 0.4) is 0 Å². The van der Waals surface area contributed by atoms with Gasteiger partial charge < -0.3 is 5.11 Å². The topological polar surface area (TPSA) is 74.7 Å². The number of hydrogen-bond acceptors (Lipinski definition) is 5. The first kappa shape index (κ1) is 20.6. The van der Waals surface area contributed by atoms with Crippen molar-refractivity contribution in [2.24, 2.45) is 0 Å². The van der Waals surface area contributed by atoms with Gasteiger partial charge in [0.15, 0.2) is 0 Å². The largest absolute Gasteiger partial charge is 0.477 e. The normalized spacial score (nSPS) is 13.5. The lowest BCUT2D eigenvalue weighted by molar-refractivity contribution is -0.117. The molecule has 0 saturated carbocycles. The Morgan fingerprint density at radius 2 is 2.00 bits per heavy atom. The van der Waals surface area contributed by atoms with Crippen molar-refractivity contribution >= 4 is 58.2 Å². The Bertz CT molecular complexity index is 1190. The fraction of sp³-hybridized carbons (Fsp3) is 0.0952. The minimum Gasteiger partial charge on any atom is -0.477 e. The molecule has 0 bridgehead atoms. The molecule has 0 saturated heterocycles. The first-order chi connectivity index (χ1) is 14.4. The number of carboxylic acids is 1. The molecule has 2 aromatic carbocycles. The van der Waals surface area contributed by atoms with Crippen LogP contribution in [0.4, 0.5) is 10.1 Å². The summed E-state index contributed by atoms with van der Waals surface area (Å²) < 4.78 is 14.6. The number of halogens is 2. The van der Waals surface area contributed by atoms with E-state index in [0.717, 1.165) is 21.8 Å². The smallest absolute Gasteiger partial charge is 0.346 e. The van der Waals surface area contributed by atoms with Crippen LogP contribution in [-0.4, -0.2) is 22.9 Å². The van der Waals surface area contributed by atoms with Crippen LogP contribution in [0.2, 0.25) is 5.02 Å². The summed E-state index contributed by atoms with van der Waals surface area (Å²) >= 11 is 8.43. The van der Waals surface area contributed by atoms with Crippen molar-refractivity contribution in [3.8, 4) is 0 Å². The fourth-order valence-corrected chi connectivity index (χ4v) is 5.27. The molecule has 9 heteroatoms. The highest BCUT2D eigenvalue weighted by Crippen LogP contribution is 2.35. The van der Waals surface area contributed by atoms with E-state index in [2.05, 4.69) is 0 Å². The van der Waals surface area contributed by atoms with E-state index >= 15 is 0 Å². The van der Waals surface area contributed by atoms with Gasteiger partial charge in [-0.2, -0.15) is 0 Å². The average molecular weight is 462 g/mol. The minimum atomic E-state index is -1.26. The number of carbonyl (C=O) groups is 3. The van der Waals surface area contributed by atoms with E-state index < -0.39 is 23.6 Å². The van der Waals surface area contributed by atoms with Gasteiger partial charge in [-0.15, -0.1) is 23.1 Å². The van der Waals surface area contributed by atoms with Gasteiger partial charge >= 0.3 is 5.97 Å². The number of fused-ring (bicyclic) bond motifs is 1. The van der Waals surface area contributed by atoms with Crippen LogP contribution in [0.5, 0.6) is 0 Å². The standard InChI is InChI=1S/C21H13ClFNO4S2/c22-14-4-2-1-3-11(14)9-29-13-5-6-15(23)16(8-13)24-17(25)7-12-10-30-19(21(27)28)18(12)20(24)26/h1-6,8,10H,7,9H2,(H,27,28). The van der Waals surface area contributed by atoms with Crippen LogP contribution in [0.1, 0.15) is 31.2 Å². The minimum absolute atomic E-state index is 0.0550. The molecule has 3 aromatic rings. The molecule has 4 rings (SSSR count). The van der Waals surface area contributed by atoms with Gasteiger partial charge in [0.05, 0.1) is 17.7 Å². The molecule has 1 N–H and O–H groups in total.